The van der Waals surface area contributed by atoms with Crippen LogP contribution in [0.1, 0.15) is 117 Å². The van der Waals surface area contributed by atoms with E-state index in [1.807, 2.05) is 0 Å². The van der Waals surface area contributed by atoms with Crippen LogP contribution in [0.5, 0.6) is 0 Å². The van der Waals surface area contributed by atoms with Crippen LogP contribution in [-0.4, -0.2) is 25.8 Å². The standard InChI is InChI=1S/C22H44O3/c1-3-5-7-8-13-16-19-24-20-17-14-11-9-10-12-15-18-22(23)25-21-6-4-2/h3-21H2,1-2H3. The van der Waals surface area contributed by atoms with E-state index >= 15 is 0 Å². The summed E-state index contributed by atoms with van der Waals surface area (Å²) in [5, 5.41) is 0. The molecule has 0 amide bonds. The molecule has 0 saturated carbocycles. The quantitative estimate of drug-likeness (QED) is 0.177. The monoisotopic (exact) mass is 356 g/mol. The van der Waals surface area contributed by atoms with E-state index in [1.54, 1.807) is 0 Å². The molecule has 0 spiro atoms. The molecule has 0 N–H and O–H groups in total. The van der Waals surface area contributed by atoms with Crippen molar-refractivity contribution in [2.24, 2.45) is 0 Å². The van der Waals surface area contributed by atoms with Gasteiger partial charge in [-0.2, -0.15) is 0 Å². The molecular weight excluding hydrogens is 312 g/mol. The van der Waals surface area contributed by atoms with E-state index in [2.05, 4.69) is 13.8 Å². The average molecular weight is 357 g/mol. The first-order valence-corrected chi connectivity index (χ1v) is 11.0. The van der Waals surface area contributed by atoms with Gasteiger partial charge in [0.05, 0.1) is 6.61 Å². The first-order chi connectivity index (χ1) is 12.3. The fourth-order valence-corrected chi connectivity index (χ4v) is 2.85. The van der Waals surface area contributed by atoms with Crippen molar-refractivity contribution >= 4 is 5.97 Å². The van der Waals surface area contributed by atoms with Gasteiger partial charge in [0.15, 0.2) is 0 Å². The van der Waals surface area contributed by atoms with E-state index in [-0.39, 0.29) is 5.97 Å². The Bertz CT molecular complexity index is 266. The van der Waals surface area contributed by atoms with Gasteiger partial charge in [-0.25, -0.2) is 0 Å². The predicted molar refractivity (Wildman–Crippen MR) is 107 cm³/mol. The summed E-state index contributed by atoms with van der Waals surface area (Å²) < 4.78 is 10.9. The molecule has 0 rings (SSSR count). The molecule has 3 nitrogen and oxygen atoms in total. The number of carbonyl (C=O) groups is 1. The van der Waals surface area contributed by atoms with Gasteiger partial charge in [0.2, 0.25) is 0 Å². The van der Waals surface area contributed by atoms with Crippen molar-refractivity contribution in [1.82, 2.24) is 0 Å². The molecule has 0 saturated heterocycles. The Balaban J connectivity index is 3.06. The maximum Gasteiger partial charge on any atom is 0.305 e. The van der Waals surface area contributed by atoms with Crippen LogP contribution in [0.4, 0.5) is 0 Å². The Kier molecular flexibility index (Phi) is 21.0. The van der Waals surface area contributed by atoms with Crippen LogP contribution in [0.2, 0.25) is 0 Å². The molecule has 0 aromatic rings. The zero-order chi connectivity index (χ0) is 18.4. The minimum Gasteiger partial charge on any atom is -0.466 e. The molecule has 0 aromatic heterocycles. The topological polar surface area (TPSA) is 35.5 Å². The Morgan fingerprint density at radius 1 is 0.560 bits per heavy atom. The van der Waals surface area contributed by atoms with Gasteiger partial charge in [-0.15, -0.1) is 0 Å². The lowest BCUT2D eigenvalue weighted by Crippen LogP contribution is -2.05. The Morgan fingerprint density at radius 2 is 1.04 bits per heavy atom. The minimum atomic E-state index is -0.0176. The number of esters is 1. The van der Waals surface area contributed by atoms with Crippen molar-refractivity contribution in [1.29, 1.82) is 0 Å². The average Bonchev–Trinajstić information content (AvgIpc) is 2.61. The highest BCUT2D eigenvalue weighted by atomic mass is 16.5. The molecule has 0 fully saturated rings. The van der Waals surface area contributed by atoms with E-state index in [0.29, 0.717) is 13.0 Å². The molecule has 0 aliphatic rings. The summed E-state index contributed by atoms with van der Waals surface area (Å²) >= 11 is 0. The highest BCUT2D eigenvalue weighted by molar-refractivity contribution is 5.69. The van der Waals surface area contributed by atoms with Gasteiger partial charge >= 0.3 is 5.97 Å². The molecule has 0 aromatic carbocycles. The van der Waals surface area contributed by atoms with Crippen LogP contribution in [0, 0.1) is 0 Å². The zero-order valence-corrected chi connectivity index (χ0v) is 17.2. The minimum absolute atomic E-state index is 0.0176. The number of hydrogen-bond acceptors (Lipinski definition) is 3. The third kappa shape index (κ3) is 21.4. The Morgan fingerprint density at radius 3 is 1.60 bits per heavy atom. The van der Waals surface area contributed by atoms with Gasteiger partial charge in [-0.05, 0) is 25.7 Å². The number of hydrogen-bond donors (Lipinski definition) is 0. The highest BCUT2D eigenvalue weighted by Crippen LogP contribution is 2.10. The van der Waals surface area contributed by atoms with Crippen molar-refractivity contribution in [3.63, 3.8) is 0 Å². The first kappa shape index (κ1) is 24.4. The molecule has 0 heterocycles. The second-order valence-corrected chi connectivity index (χ2v) is 7.18. The molecule has 0 atom stereocenters. The molecular formula is C22H44O3. The maximum absolute atomic E-state index is 11.4. The van der Waals surface area contributed by atoms with Crippen LogP contribution in [-0.2, 0) is 14.3 Å². The lowest BCUT2D eigenvalue weighted by molar-refractivity contribution is -0.143. The van der Waals surface area contributed by atoms with Crippen molar-refractivity contribution in [2.45, 2.75) is 117 Å². The van der Waals surface area contributed by atoms with Crippen LogP contribution in [0.25, 0.3) is 0 Å². The summed E-state index contributed by atoms with van der Waals surface area (Å²) in [6, 6.07) is 0. The fraction of sp³-hybridized carbons (Fsp3) is 0.955. The van der Waals surface area contributed by atoms with Crippen LogP contribution in [0.15, 0.2) is 0 Å². The number of carbonyl (C=O) groups excluding carboxylic acids is 1. The molecule has 0 unspecified atom stereocenters. The van der Waals surface area contributed by atoms with Gasteiger partial charge in [0.1, 0.15) is 0 Å². The summed E-state index contributed by atoms with van der Waals surface area (Å²) in [7, 11) is 0. The summed E-state index contributed by atoms with van der Waals surface area (Å²) in [4.78, 5) is 11.4. The first-order valence-electron chi connectivity index (χ1n) is 11.0. The van der Waals surface area contributed by atoms with Gasteiger partial charge in [-0.1, -0.05) is 84.5 Å². The largest absolute Gasteiger partial charge is 0.466 e. The summed E-state index contributed by atoms with van der Waals surface area (Å²) in [5.41, 5.74) is 0. The third-order valence-corrected chi connectivity index (χ3v) is 4.57. The van der Waals surface area contributed by atoms with Crippen molar-refractivity contribution in [3.05, 3.63) is 0 Å². The lowest BCUT2D eigenvalue weighted by atomic mass is 10.1. The molecule has 0 aliphatic heterocycles. The smallest absolute Gasteiger partial charge is 0.305 e. The van der Waals surface area contributed by atoms with E-state index in [9.17, 15) is 4.79 Å². The summed E-state index contributed by atoms with van der Waals surface area (Å²) in [6.45, 7) is 6.83. The Labute approximate surface area is 157 Å². The van der Waals surface area contributed by atoms with E-state index in [1.165, 1.54) is 70.6 Å². The molecule has 0 bridgehead atoms. The maximum atomic E-state index is 11.4. The highest BCUT2D eigenvalue weighted by Gasteiger charge is 2.01. The van der Waals surface area contributed by atoms with E-state index in [4.69, 9.17) is 9.47 Å². The fourth-order valence-electron chi connectivity index (χ4n) is 2.85. The number of rotatable bonds is 20. The van der Waals surface area contributed by atoms with Gasteiger partial charge < -0.3 is 9.47 Å². The molecule has 3 heteroatoms. The van der Waals surface area contributed by atoms with Crippen LogP contribution in [0.3, 0.4) is 0 Å². The van der Waals surface area contributed by atoms with Crippen molar-refractivity contribution in [2.75, 3.05) is 19.8 Å². The van der Waals surface area contributed by atoms with Gasteiger partial charge in [0, 0.05) is 19.6 Å². The van der Waals surface area contributed by atoms with Crippen LogP contribution < -0.4 is 0 Å². The van der Waals surface area contributed by atoms with Crippen LogP contribution >= 0.6 is 0 Å². The third-order valence-electron chi connectivity index (χ3n) is 4.57. The van der Waals surface area contributed by atoms with E-state index in [0.717, 1.165) is 38.9 Å². The summed E-state index contributed by atoms with van der Waals surface area (Å²) in [5.74, 6) is -0.0176. The van der Waals surface area contributed by atoms with E-state index < -0.39 is 0 Å². The molecule has 0 aliphatic carbocycles. The molecule has 0 radical (unpaired) electrons. The normalized spacial score (nSPS) is 11.0. The summed E-state index contributed by atoms with van der Waals surface area (Å²) in [6.07, 6.45) is 19.1. The number of ether oxygens (including phenoxy) is 2. The molecule has 25 heavy (non-hydrogen) atoms. The second-order valence-electron chi connectivity index (χ2n) is 7.18. The SMILES string of the molecule is CCCCCCCCOCCCCCCCCCC(=O)OCCCC. The zero-order valence-electron chi connectivity index (χ0n) is 17.2. The molecule has 150 valence electrons. The van der Waals surface area contributed by atoms with Crippen molar-refractivity contribution < 1.29 is 14.3 Å². The Hall–Kier alpha value is -0.570. The number of unbranched alkanes of at least 4 members (excludes halogenated alkanes) is 12. The van der Waals surface area contributed by atoms with Gasteiger partial charge in [-0.3, -0.25) is 4.79 Å². The lowest BCUT2D eigenvalue weighted by Gasteiger charge is -2.05. The predicted octanol–water partition coefficient (Wildman–Crippen LogP) is 6.83. The van der Waals surface area contributed by atoms with Gasteiger partial charge in [0.25, 0.3) is 0 Å². The second kappa shape index (κ2) is 21.5. The van der Waals surface area contributed by atoms with Crippen molar-refractivity contribution in [3.8, 4) is 0 Å².